The van der Waals surface area contributed by atoms with E-state index in [9.17, 15) is 4.79 Å². The molecule has 2 heterocycles. The third kappa shape index (κ3) is 2.66. The van der Waals surface area contributed by atoms with Crippen LogP contribution in [0.15, 0.2) is 0 Å². The van der Waals surface area contributed by atoms with E-state index in [0.717, 1.165) is 41.6 Å². The highest BCUT2D eigenvalue weighted by Gasteiger charge is 2.34. The molecule has 1 saturated heterocycles. The molecule has 0 unspecified atom stereocenters. The van der Waals surface area contributed by atoms with Gasteiger partial charge >= 0.3 is 0 Å². The summed E-state index contributed by atoms with van der Waals surface area (Å²) >= 11 is 1.55. The van der Waals surface area contributed by atoms with Crippen molar-refractivity contribution in [3.63, 3.8) is 0 Å². The minimum Gasteiger partial charge on any atom is -0.317 e. The van der Waals surface area contributed by atoms with Crippen molar-refractivity contribution >= 4 is 22.4 Å². The Balaban J connectivity index is 2.05. The molecular formula is C12H19N3OS. The smallest absolute Gasteiger partial charge is 0.232 e. The van der Waals surface area contributed by atoms with Crippen LogP contribution >= 0.6 is 11.3 Å². The van der Waals surface area contributed by atoms with E-state index in [1.54, 1.807) is 11.3 Å². The Kier molecular flexibility index (Phi) is 3.49. The molecule has 2 N–H and O–H groups in total. The number of hydrogen-bond donors (Lipinski definition) is 2. The van der Waals surface area contributed by atoms with E-state index in [1.807, 2.05) is 20.8 Å². The summed E-state index contributed by atoms with van der Waals surface area (Å²) in [6.45, 7) is 7.86. The van der Waals surface area contributed by atoms with Gasteiger partial charge in [-0.25, -0.2) is 4.98 Å². The summed E-state index contributed by atoms with van der Waals surface area (Å²) in [5.74, 6) is 0.104. The van der Waals surface area contributed by atoms with Gasteiger partial charge in [0.05, 0.1) is 5.69 Å². The van der Waals surface area contributed by atoms with Gasteiger partial charge in [-0.2, -0.15) is 0 Å². The number of anilines is 1. The number of carbonyl (C=O) groups excluding carboxylic acids is 1. The van der Waals surface area contributed by atoms with Crippen LogP contribution in [0.4, 0.5) is 5.13 Å². The maximum absolute atomic E-state index is 12.2. The number of aryl methyl sites for hydroxylation is 2. The second-order valence-corrected chi connectivity index (χ2v) is 6.13. The molecular weight excluding hydrogens is 234 g/mol. The lowest BCUT2D eigenvalue weighted by atomic mass is 9.80. The van der Waals surface area contributed by atoms with Crippen LogP contribution in [0.25, 0.3) is 0 Å². The van der Waals surface area contributed by atoms with Gasteiger partial charge in [0.15, 0.2) is 5.13 Å². The molecule has 0 bridgehead atoms. The normalized spacial score (nSPS) is 19.0. The Morgan fingerprint density at radius 2 is 2.06 bits per heavy atom. The fourth-order valence-corrected chi connectivity index (χ4v) is 2.79. The zero-order valence-electron chi connectivity index (χ0n) is 10.6. The van der Waals surface area contributed by atoms with Crippen LogP contribution < -0.4 is 10.6 Å². The molecule has 0 aromatic carbocycles. The van der Waals surface area contributed by atoms with Crippen LogP contribution in [-0.2, 0) is 4.79 Å². The molecule has 1 aromatic heterocycles. The van der Waals surface area contributed by atoms with Crippen LogP contribution in [0, 0.1) is 19.3 Å². The third-order valence-corrected chi connectivity index (χ3v) is 4.49. The van der Waals surface area contributed by atoms with E-state index in [1.165, 1.54) is 0 Å². The van der Waals surface area contributed by atoms with Gasteiger partial charge in [-0.1, -0.05) is 6.92 Å². The highest BCUT2D eigenvalue weighted by molar-refractivity contribution is 7.15. The average molecular weight is 253 g/mol. The molecule has 1 aromatic rings. The molecule has 94 valence electrons. The summed E-state index contributed by atoms with van der Waals surface area (Å²) in [6, 6.07) is 0. The fourth-order valence-electron chi connectivity index (χ4n) is 1.98. The van der Waals surface area contributed by atoms with Crippen molar-refractivity contribution in [2.75, 3.05) is 18.4 Å². The number of hydrogen-bond acceptors (Lipinski definition) is 4. The first-order chi connectivity index (χ1) is 8.01. The zero-order valence-corrected chi connectivity index (χ0v) is 11.4. The van der Waals surface area contributed by atoms with Gasteiger partial charge in [0.25, 0.3) is 0 Å². The first-order valence-electron chi connectivity index (χ1n) is 5.97. The predicted octanol–water partition coefficient (Wildman–Crippen LogP) is 2.09. The van der Waals surface area contributed by atoms with Gasteiger partial charge in [0, 0.05) is 10.3 Å². The van der Waals surface area contributed by atoms with Crippen LogP contribution in [-0.4, -0.2) is 24.0 Å². The zero-order chi connectivity index (χ0) is 12.5. The second-order valence-electron chi connectivity index (χ2n) is 4.93. The van der Waals surface area contributed by atoms with E-state index in [4.69, 9.17) is 0 Å². The second kappa shape index (κ2) is 4.74. The lowest BCUT2D eigenvalue weighted by molar-refractivity contribution is -0.126. The molecule has 17 heavy (non-hydrogen) atoms. The van der Waals surface area contributed by atoms with Crippen molar-refractivity contribution in [2.24, 2.45) is 5.41 Å². The van der Waals surface area contributed by atoms with Crippen molar-refractivity contribution < 1.29 is 4.79 Å². The minimum absolute atomic E-state index is 0.104. The molecule has 1 fully saturated rings. The monoisotopic (exact) mass is 253 g/mol. The Morgan fingerprint density at radius 3 is 2.59 bits per heavy atom. The molecule has 0 spiro atoms. The Labute approximate surface area is 106 Å². The molecule has 4 nitrogen and oxygen atoms in total. The number of piperidine rings is 1. The summed E-state index contributed by atoms with van der Waals surface area (Å²) in [4.78, 5) is 17.7. The highest BCUT2D eigenvalue weighted by Crippen LogP contribution is 2.30. The first-order valence-corrected chi connectivity index (χ1v) is 6.79. The maximum atomic E-state index is 12.2. The molecule has 1 aliphatic heterocycles. The van der Waals surface area contributed by atoms with E-state index in [2.05, 4.69) is 15.6 Å². The van der Waals surface area contributed by atoms with Crippen molar-refractivity contribution in [3.05, 3.63) is 10.6 Å². The lowest BCUT2D eigenvalue weighted by Crippen LogP contribution is -2.42. The summed E-state index contributed by atoms with van der Waals surface area (Å²) in [7, 11) is 0. The SMILES string of the molecule is Cc1nc(NC(=O)C2(C)CCNCC2)sc1C. The number of amides is 1. The number of nitrogens with zero attached hydrogens (tertiary/aromatic N) is 1. The summed E-state index contributed by atoms with van der Waals surface area (Å²) in [6.07, 6.45) is 1.78. The quantitative estimate of drug-likeness (QED) is 0.848. The number of rotatable bonds is 2. The molecule has 2 rings (SSSR count). The minimum atomic E-state index is -0.251. The number of thiazole rings is 1. The molecule has 0 saturated carbocycles. The Hall–Kier alpha value is -0.940. The number of carbonyl (C=O) groups is 1. The largest absolute Gasteiger partial charge is 0.317 e. The van der Waals surface area contributed by atoms with Crippen molar-refractivity contribution in [1.82, 2.24) is 10.3 Å². The molecule has 1 amide bonds. The summed E-state index contributed by atoms with van der Waals surface area (Å²) in [5, 5.41) is 6.96. The highest BCUT2D eigenvalue weighted by atomic mass is 32.1. The van der Waals surface area contributed by atoms with Crippen molar-refractivity contribution in [2.45, 2.75) is 33.6 Å². The van der Waals surface area contributed by atoms with Crippen LogP contribution in [0.3, 0.4) is 0 Å². The van der Waals surface area contributed by atoms with E-state index >= 15 is 0 Å². The molecule has 5 heteroatoms. The average Bonchev–Trinajstić information content (AvgIpc) is 2.59. The summed E-state index contributed by atoms with van der Waals surface area (Å²) in [5.41, 5.74) is 0.749. The van der Waals surface area contributed by atoms with Gasteiger partial charge in [-0.05, 0) is 39.8 Å². The lowest BCUT2D eigenvalue weighted by Gasteiger charge is -2.32. The molecule has 0 aliphatic carbocycles. The van der Waals surface area contributed by atoms with Crippen LogP contribution in [0.5, 0.6) is 0 Å². The van der Waals surface area contributed by atoms with Crippen molar-refractivity contribution in [1.29, 1.82) is 0 Å². The van der Waals surface area contributed by atoms with Gasteiger partial charge in [-0.3, -0.25) is 4.79 Å². The van der Waals surface area contributed by atoms with E-state index in [-0.39, 0.29) is 11.3 Å². The van der Waals surface area contributed by atoms with Gasteiger partial charge in [0.1, 0.15) is 0 Å². The number of aromatic nitrogens is 1. The first kappa shape index (κ1) is 12.5. The van der Waals surface area contributed by atoms with E-state index < -0.39 is 0 Å². The molecule has 0 atom stereocenters. The predicted molar refractivity (Wildman–Crippen MR) is 70.4 cm³/mol. The Bertz CT molecular complexity index is 402. The molecule has 1 aliphatic rings. The van der Waals surface area contributed by atoms with Gasteiger partial charge < -0.3 is 10.6 Å². The van der Waals surface area contributed by atoms with Crippen molar-refractivity contribution in [3.8, 4) is 0 Å². The topological polar surface area (TPSA) is 54.0 Å². The number of nitrogens with one attached hydrogen (secondary N) is 2. The fraction of sp³-hybridized carbons (Fsp3) is 0.667. The Morgan fingerprint density at radius 1 is 1.41 bits per heavy atom. The standard InChI is InChI=1S/C12H19N3OS/c1-8-9(2)17-11(14-8)15-10(16)12(3)4-6-13-7-5-12/h13H,4-7H2,1-3H3,(H,14,15,16). The third-order valence-electron chi connectivity index (χ3n) is 3.50. The van der Waals surface area contributed by atoms with Crippen LogP contribution in [0.2, 0.25) is 0 Å². The van der Waals surface area contributed by atoms with Gasteiger partial charge in [-0.15, -0.1) is 11.3 Å². The van der Waals surface area contributed by atoms with E-state index in [0.29, 0.717) is 0 Å². The maximum Gasteiger partial charge on any atom is 0.232 e. The van der Waals surface area contributed by atoms with Gasteiger partial charge in [0.2, 0.25) is 5.91 Å². The van der Waals surface area contributed by atoms with Crippen LogP contribution in [0.1, 0.15) is 30.3 Å². The summed E-state index contributed by atoms with van der Waals surface area (Å²) < 4.78 is 0. The molecule has 0 radical (unpaired) electrons.